The van der Waals surface area contributed by atoms with Crippen LogP contribution in [0, 0.1) is 0 Å². The molecule has 2 aromatic heterocycles. The molecule has 0 bridgehead atoms. The van der Waals surface area contributed by atoms with Gasteiger partial charge in [0.2, 0.25) is 0 Å². The smallest absolute Gasteiger partial charge is 0.0641 e. The van der Waals surface area contributed by atoms with Gasteiger partial charge in [0.25, 0.3) is 0 Å². The van der Waals surface area contributed by atoms with Crippen LogP contribution in [-0.4, -0.2) is 4.40 Å². The fraction of sp³-hybridized carbons (Fsp3) is 0.0769. The predicted molar refractivity (Wildman–Crippen MR) is 227 cm³/mol. The van der Waals surface area contributed by atoms with Gasteiger partial charge >= 0.3 is 0 Å². The lowest BCUT2D eigenvalue weighted by Crippen LogP contribution is -2.16. The van der Waals surface area contributed by atoms with Crippen LogP contribution in [0.1, 0.15) is 36.1 Å². The molecule has 2 heteroatoms. The molecule has 0 N–H and O–H groups in total. The van der Waals surface area contributed by atoms with E-state index in [0.717, 1.165) is 17.8 Å². The van der Waals surface area contributed by atoms with Gasteiger partial charge in [-0.2, -0.15) is 0 Å². The van der Waals surface area contributed by atoms with Gasteiger partial charge in [-0.25, -0.2) is 0 Å². The van der Waals surface area contributed by atoms with Gasteiger partial charge in [0, 0.05) is 38.3 Å². The van der Waals surface area contributed by atoms with E-state index in [2.05, 4.69) is 193 Å². The van der Waals surface area contributed by atoms with Crippen LogP contribution in [0.4, 0.5) is 17.1 Å². The first-order valence-electron chi connectivity index (χ1n) is 19.1. The monoisotopic (exact) mass is 688 g/mol. The van der Waals surface area contributed by atoms with Crippen molar-refractivity contribution in [2.24, 2.45) is 0 Å². The van der Waals surface area contributed by atoms with Crippen molar-refractivity contribution in [3.63, 3.8) is 0 Å². The van der Waals surface area contributed by atoms with E-state index >= 15 is 0 Å². The molecule has 0 atom stereocenters. The number of benzene rings is 8. The summed E-state index contributed by atoms with van der Waals surface area (Å²) in [5.41, 5.74) is 20.7. The lowest BCUT2D eigenvalue weighted by atomic mass is 9.79. The first kappa shape index (κ1) is 29.9. The van der Waals surface area contributed by atoms with Crippen molar-refractivity contribution >= 4 is 55.2 Å². The minimum absolute atomic E-state index is 0.0840. The zero-order valence-electron chi connectivity index (χ0n) is 30.3. The molecule has 0 aliphatic heterocycles. The summed E-state index contributed by atoms with van der Waals surface area (Å²) in [6, 6.07) is 63.5. The van der Waals surface area contributed by atoms with E-state index in [1.807, 2.05) is 0 Å². The van der Waals surface area contributed by atoms with E-state index < -0.39 is 0 Å². The van der Waals surface area contributed by atoms with E-state index in [4.69, 9.17) is 0 Å². The second kappa shape index (κ2) is 10.7. The Balaban J connectivity index is 1.09. The summed E-state index contributed by atoms with van der Waals surface area (Å²) in [4.78, 5) is 2.50. The van der Waals surface area contributed by atoms with Crippen LogP contribution in [0.5, 0.6) is 0 Å². The summed E-state index contributed by atoms with van der Waals surface area (Å²) < 4.78 is 2.48. The van der Waals surface area contributed by atoms with Crippen molar-refractivity contribution in [3.05, 3.63) is 192 Å². The summed E-state index contributed by atoms with van der Waals surface area (Å²) in [6.45, 7) is 4.75. The maximum absolute atomic E-state index is 2.50. The Morgan fingerprint density at radius 3 is 1.98 bits per heavy atom. The molecular formula is C52H36N2. The summed E-state index contributed by atoms with van der Waals surface area (Å²) in [5.74, 6) is 0. The highest BCUT2D eigenvalue weighted by atomic mass is 15.1. The first-order valence-corrected chi connectivity index (χ1v) is 19.1. The minimum Gasteiger partial charge on any atom is -0.310 e. The van der Waals surface area contributed by atoms with Gasteiger partial charge in [-0.15, -0.1) is 0 Å². The van der Waals surface area contributed by atoms with Gasteiger partial charge in [0.1, 0.15) is 0 Å². The summed E-state index contributed by atoms with van der Waals surface area (Å²) >= 11 is 0. The molecule has 10 aromatic rings. The van der Waals surface area contributed by atoms with Gasteiger partial charge in [0.15, 0.2) is 0 Å². The molecule has 12 rings (SSSR count). The number of nitrogens with zero attached hydrogens (tertiary/aromatic N) is 2. The maximum atomic E-state index is 2.50. The van der Waals surface area contributed by atoms with E-state index in [0.29, 0.717) is 0 Å². The van der Waals surface area contributed by atoms with Crippen molar-refractivity contribution in [2.45, 2.75) is 25.7 Å². The third-order valence-electron chi connectivity index (χ3n) is 12.5. The van der Waals surface area contributed by atoms with Crippen molar-refractivity contribution in [2.75, 3.05) is 4.90 Å². The average Bonchev–Trinajstić information content (AvgIpc) is 3.93. The Bertz CT molecular complexity index is 3160. The van der Waals surface area contributed by atoms with Crippen molar-refractivity contribution in [3.8, 4) is 33.4 Å². The van der Waals surface area contributed by atoms with E-state index in [1.165, 1.54) is 99.4 Å². The second-order valence-corrected chi connectivity index (χ2v) is 15.7. The zero-order valence-corrected chi connectivity index (χ0v) is 30.3. The molecule has 2 aliphatic carbocycles. The van der Waals surface area contributed by atoms with Crippen LogP contribution in [0.15, 0.2) is 170 Å². The molecule has 2 aliphatic rings. The fourth-order valence-electron chi connectivity index (χ4n) is 10.2. The standard InChI is InChI=1S/C52H36N2/c1-52(2)45-19-8-5-14-39(45)41-18-11-17-38(50(41)52)32-22-25-35(26-23-32)53(36-27-24-34-30-33-12-3-4-13-37(33)44(34)31-36)48-29-28-42-40-15-6-9-20-46(40)54-47-21-10-7-16-43(47)49(48)51(42)54/h3-29,31H,30H2,1-2H3. The topological polar surface area (TPSA) is 7.65 Å². The lowest BCUT2D eigenvalue weighted by molar-refractivity contribution is 0.662. The zero-order chi connectivity index (χ0) is 35.7. The molecule has 0 saturated heterocycles. The number of fused-ring (bicyclic) bond motifs is 12. The second-order valence-electron chi connectivity index (χ2n) is 15.7. The third kappa shape index (κ3) is 3.90. The fourth-order valence-corrected chi connectivity index (χ4v) is 10.2. The highest BCUT2D eigenvalue weighted by Gasteiger charge is 2.37. The van der Waals surface area contributed by atoms with Crippen LogP contribution >= 0.6 is 0 Å². The maximum Gasteiger partial charge on any atom is 0.0641 e. The highest BCUT2D eigenvalue weighted by Crippen LogP contribution is 2.53. The number of aromatic nitrogens is 1. The molecule has 0 fully saturated rings. The molecule has 0 unspecified atom stereocenters. The van der Waals surface area contributed by atoms with Crippen molar-refractivity contribution < 1.29 is 0 Å². The summed E-state index contributed by atoms with van der Waals surface area (Å²) in [7, 11) is 0. The van der Waals surface area contributed by atoms with E-state index in [1.54, 1.807) is 0 Å². The largest absolute Gasteiger partial charge is 0.310 e. The van der Waals surface area contributed by atoms with Crippen LogP contribution < -0.4 is 4.90 Å². The molecule has 2 heterocycles. The first-order chi connectivity index (χ1) is 26.6. The molecule has 0 amide bonds. The van der Waals surface area contributed by atoms with Crippen LogP contribution in [-0.2, 0) is 11.8 Å². The van der Waals surface area contributed by atoms with Gasteiger partial charge in [-0.05, 0) is 105 Å². The van der Waals surface area contributed by atoms with Gasteiger partial charge in [0.05, 0.1) is 22.2 Å². The molecular weight excluding hydrogens is 653 g/mol. The molecule has 8 aromatic carbocycles. The average molecular weight is 689 g/mol. The van der Waals surface area contributed by atoms with Gasteiger partial charge in [-0.3, -0.25) is 0 Å². The van der Waals surface area contributed by atoms with Crippen LogP contribution in [0.3, 0.4) is 0 Å². The normalized spacial score (nSPS) is 13.8. The number of rotatable bonds is 4. The highest BCUT2D eigenvalue weighted by molar-refractivity contribution is 6.27. The minimum atomic E-state index is -0.0840. The van der Waals surface area contributed by atoms with Crippen LogP contribution in [0.25, 0.3) is 71.5 Å². The molecule has 2 nitrogen and oxygen atoms in total. The Kier molecular flexibility index (Phi) is 5.93. The van der Waals surface area contributed by atoms with Crippen molar-refractivity contribution in [1.82, 2.24) is 4.40 Å². The Labute approximate surface area is 314 Å². The Morgan fingerprint density at radius 2 is 1.13 bits per heavy atom. The molecule has 0 radical (unpaired) electrons. The summed E-state index contributed by atoms with van der Waals surface area (Å²) in [6.07, 6.45) is 0.979. The van der Waals surface area contributed by atoms with Crippen molar-refractivity contribution in [1.29, 1.82) is 0 Å². The number of para-hydroxylation sites is 2. The molecule has 0 saturated carbocycles. The molecule has 54 heavy (non-hydrogen) atoms. The van der Waals surface area contributed by atoms with E-state index in [9.17, 15) is 0 Å². The third-order valence-corrected chi connectivity index (χ3v) is 12.5. The lowest BCUT2D eigenvalue weighted by Gasteiger charge is -2.28. The quantitative estimate of drug-likeness (QED) is 0.179. The number of anilines is 3. The van der Waals surface area contributed by atoms with Gasteiger partial charge < -0.3 is 9.30 Å². The molecule has 254 valence electrons. The number of hydrogen-bond donors (Lipinski definition) is 0. The Hall–Kier alpha value is -6.64. The molecule has 0 spiro atoms. The van der Waals surface area contributed by atoms with Gasteiger partial charge in [-0.1, -0.05) is 141 Å². The SMILES string of the molecule is CC1(C)c2ccccc2-c2cccc(-c3ccc(N(c4ccc5c(c4)-c4ccccc4C5)c4ccc5c6ccccc6n6c7ccccc7c4c56)cc3)c21. The Morgan fingerprint density at radius 1 is 0.481 bits per heavy atom. The van der Waals surface area contributed by atoms with Crippen LogP contribution in [0.2, 0.25) is 0 Å². The van der Waals surface area contributed by atoms with E-state index in [-0.39, 0.29) is 5.41 Å². The number of hydrogen-bond acceptors (Lipinski definition) is 1. The predicted octanol–water partition coefficient (Wildman–Crippen LogP) is 13.9. The summed E-state index contributed by atoms with van der Waals surface area (Å²) in [5, 5.41) is 5.14.